The predicted octanol–water partition coefficient (Wildman–Crippen LogP) is -1.62. The lowest BCUT2D eigenvalue weighted by Crippen LogP contribution is -2.55. The zero-order valence-corrected chi connectivity index (χ0v) is 8.82. The number of aliphatic hydroxyl groups is 1. The van der Waals surface area contributed by atoms with E-state index in [0.717, 1.165) is 12.8 Å². The van der Waals surface area contributed by atoms with Crippen molar-refractivity contribution >= 4 is 12.0 Å². The van der Waals surface area contributed by atoms with Crippen LogP contribution in [0.1, 0.15) is 12.8 Å². The van der Waals surface area contributed by atoms with Crippen molar-refractivity contribution in [1.29, 1.82) is 0 Å². The summed E-state index contributed by atoms with van der Waals surface area (Å²) in [5, 5.41) is 9.00. The van der Waals surface area contributed by atoms with Crippen LogP contribution in [0.5, 0.6) is 0 Å². The number of fused-ring (bicyclic) bond motifs is 1. The van der Waals surface area contributed by atoms with Crippen LogP contribution >= 0.6 is 0 Å². The number of H-pyrrole nitrogens is 1. The molecule has 0 amide bonds. The molecule has 0 radical (unpaired) electrons. The number of aliphatic hydroxyl groups excluding tert-OH is 1. The van der Waals surface area contributed by atoms with Crippen molar-refractivity contribution in [3.05, 3.63) is 31.4 Å². The summed E-state index contributed by atoms with van der Waals surface area (Å²) < 4.78 is 5.94. The van der Waals surface area contributed by atoms with Crippen LogP contribution < -0.4 is 21.8 Å². The summed E-state index contributed by atoms with van der Waals surface area (Å²) in [4.78, 5) is 26.0. The third-order valence-corrected chi connectivity index (χ3v) is 2.55. The molecule has 0 unspecified atom stereocenters. The zero-order chi connectivity index (χ0) is 11.7. The molecule has 0 aromatic carbocycles. The quantitative estimate of drug-likeness (QED) is 0.600. The molecule has 0 spiro atoms. The summed E-state index contributed by atoms with van der Waals surface area (Å²) in [5.74, 6) is -0.646. The van der Waals surface area contributed by atoms with E-state index in [-0.39, 0.29) is 5.22 Å². The lowest BCUT2D eigenvalue weighted by Gasteiger charge is -2.10. The molecule has 2 rings (SSSR count). The van der Waals surface area contributed by atoms with Gasteiger partial charge in [-0.15, -0.1) is 0 Å². The van der Waals surface area contributed by atoms with Gasteiger partial charge in [-0.3, -0.25) is 14.2 Å². The van der Waals surface area contributed by atoms with Crippen LogP contribution in [0.4, 0.5) is 0 Å². The zero-order valence-electron chi connectivity index (χ0n) is 8.82. The highest BCUT2D eigenvalue weighted by Gasteiger charge is 2.11. The normalized spacial score (nSPS) is 16.1. The van der Waals surface area contributed by atoms with Crippen LogP contribution in [-0.2, 0) is 11.3 Å². The number of ether oxygens (including phenoxy) is 1. The Bertz CT molecular complexity index is 638. The fourth-order valence-corrected chi connectivity index (χ4v) is 1.75. The molecule has 6 nitrogen and oxygen atoms in total. The van der Waals surface area contributed by atoms with Gasteiger partial charge in [0.15, 0.2) is 5.22 Å². The summed E-state index contributed by atoms with van der Waals surface area (Å²) in [7, 11) is 1.20. The SMILES string of the molecule is COC(O)=c1c(=O)[nH]c2n(c1=O)CCCC=2. The standard InChI is InChI=1S/C10H12N2O4/c1-16-10(15)7-8(13)11-6-4-2-3-5-12(6)9(7)14/h4,15H,2-3,5H2,1H3,(H,11,13). The second kappa shape index (κ2) is 3.88. The van der Waals surface area contributed by atoms with E-state index in [4.69, 9.17) is 0 Å². The molecule has 1 aliphatic rings. The third kappa shape index (κ3) is 1.52. The average Bonchev–Trinajstić information content (AvgIpc) is 2.28. The molecule has 1 aromatic heterocycles. The van der Waals surface area contributed by atoms with E-state index in [9.17, 15) is 14.7 Å². The third-order valence-electron chi connectivity index (χ3n) is 2.55. The monoisotopic (exact) mass is 224 g/mol. The highest BCUT2D eigenvalue weighted by atomic mass is 16.6. The maximum Gasteiger partial charge on any atom is 0.295 e. The van der Waals surface area contributed by atoms with Gasteiger partial charge in [0.2, 0.25) is 0 Å². The van der Waals surface area contributed by atoms with E-state index in [1.54, 1.807) is 6.08 Å². The molecular formula is C10H12N2O4. The summed E-state index contributed by atoms with van der Waals surface area (Å²) in [6.07, 6.45) is 3.46. The van der Waals surface area contributed by atoms with Gasteiger partial charge in [0.05, 0.1) is 7.11 Å². The van der Waals surface area contributed by atoms with Crippen molar-refractivity contribution in [2.45, 2.75) is 19.4 Å². The molecule has 0 saturated heterocycles. The first kappa shape index (κ1) is 10.5. The van der Waals surface area contributed by atoms with Crippen molar-refractivity contribution < 1.29 is 9.84 Å². The molecule has 0 atom stereocenters. The molecule has 86 valence electrons. The van der Waals surface area contributed by atoms with Crippen LogP contribution in [0.3, 0.4) is 0 Å². The molecule has 2 heterocycles. The minimum absolute atomic E-state index is 0.346. The number of aromatic nitrogens is 2. The first-order chi connectivity index (χ1) is 7.65. The van der Waals surface area contributed by atoms with E-state index in [2.05, 4.69) is 9.72 Å². The molecule has 0 aliphatic carbocycles. The number of hydrogen-bond donors (Lipinski definition) is 2. The first-order valence-corrected chi connectivity index (χ1v) is 4.95. The van der Waals surface area contributed by atoms with Crippen LogP contribution in [0, 0.1) is 0 Å². The molecule has 0 bridgehead atoms. The first-order valence-electron chi connectivity index (χ1n) is 4.95. The average molecular weight is 224 g/mol. The molecular weight excluding hydrogens is 212 g/mol. The Balaban J connectivity index is 2.97. The van der Waals surface area contributed by atoms with Gasteiger partial charge >= 0.3 is 0 Å². The summed E-state index contributed by atoms with van der Waals surface area (Å²) in [5.41, 5.74) is -0.656. The van der Waals surface area contributed by atoms with Crippen LogP contribution in [-0.4, -0.2) is 21.8 Å². The number of aromatic amines is 1. The smallest absolute Gasteiger partial charge is 0.295 e. The van der Waals surface area contributed by atoms with Gasteiger partial charge in [-0.2, -0.15) is 0 Å². The predicted molar refractivity (Wildman–Crippen MR) is 57.3 cm³/mol. The van der Waals surface area contributed by atoms with Crippen LogP contribution in [0.2, 0.25) is 0 Å². The van der Waals surface area contributed by atoms with Gasteiger partial charge in [-0.25, -0.2) is 0 Å². The lowest BCUT2D eigenvalue weighted by atomic mass is 10.2. The molecule has 16 heavy (non-hydrogen) atoms. The Morgan fingerprint density at radius 1 is 1.56 bits per heavy atom. The fourth-order valence-electron chi connectivity index (χ4n) is 1.75. The van der Waals surface area contributed by atoms with Gasteiger partial charge in [-0.1, -0.05) is 0 Å². The molecule has 0 fully saturated rings. The minimum atomic E-state index is -0.646. The van der Waals surface area contributed by atoms with Crippen molar-refractivity contribution in [2.24, 2.45) is 0 Å². The molecule has 0 saturated carbocycles. The second-order valence-electron chi connectivity index (χ2n) is 3.53. The fraction of sp³-hybridized carbons (Fsp3) is 0.400. The second-order valence-corrected chi connectivity index (χ2v) is 3.53. The van der Waals surface area contributed by atoms with E-state index < -0.39 is 17.1 Å². The lowest BCUT2D eigenvalue weighted by molar-refractivity contribution is 0.230. The van der Waals surface area contributed by atoms with Crippen LogP contribution in [0.25, 0.3) is 12.0 Å². The Kier molecular flexibility index (Phi) is 2.55. The van der Waals surface area contributed by atoms with Crippen molar-refractivity contribution in [3.8, 4) is 0 Å². The highest BCUT2D eigenvalue weighted by molar-refractivity contribution is 5.24. The minimum Gasteiger partial charge on any atom is -0.480 e. The summed E-state index contributed by atoms with van der Waals surface area (Å²) in [6, 6.07) is 0. The van der Waals surface area contributed by atoms with Gasteiger partial charge in [0, 0.05) is 6.54 Å². The number of rotatable bonds is 1. The Hall–Kier alpha value is -1.98. The highest BCUT2D eigenvalue weighted by Crippen LogP contribution is 1.95. The number of methoxy groups -OCH3 is 1. The Labute approximate surface area is 90.1 Å². The van der Waals surface area contributed by atoms with Gasteiger partial charge in [-0.05, 0) is 18.9 Å². The van der Waals surface area contributed by atoms with Crippen LogP contribution in [0.15, 0.2) is 9.59 Å². The van der Waals surface area contributed by atoms with E-state index >= 15 is 0 Å². The van der Waals surface area contributed by atoms with E-state index in [1.807, 2.05) is 0 Å². The molecule has 6 heteroatoms. The molecule has 1 aromatic rings. The number of nitrogens with one attached hydrogen (secondary N) is 1. The topological polar surface area (TPSA) is 84.3 Å². The van der Waals surface area contributed by atoms with Gasteiger partial charge in [0.25, 0.3) is 17.1 Å². The van der Waals surface area contributed by atoms with Gasteiger partial charge < -0.3 is 14.8 Å². The summed E-state index contributed by atoms with van der Waals surface area (Å²) >= 11 is 0. The maximum absolute atomic E-state index is 11.9. The van der Waals surface area contributed by atoms with Crippen molar-refractivity contribution in [1.82, 2.24) is 9.55 Å². The largest absolute Gasteiger partial charge is 0.480 e. The molecule has 1 aliphatic heterocycles. The molecule has 2 N–H and O–H groups in total. The summed E-state index contributed by atoms with van der Waals surface area (Å²) in [6.45, 7) is 0.533. The van der Waals surface area contributed by atoms with Crippen molar-refractivity contribution in [2.75, 3.05) is 7.11 Å². The van der Waals surface area contributed by atoms with Crippen molar-refractivity contribution in [3.63, 3.8) is 0 Å². The Morgan fingerprint density at radius 3 is 3.00 bits per heavy atom. The van der Waals surface area contributed by atoms with E-state index in [0.29, 0.717) is 12.0 Å². The number of nitrogens with zero attached hydrogens (tertiary/aromatic N) is 1. The maximum atomic E-state index is 11.9. The Morgan fingerprint density at radius 2 is 2.31 bits per heavy atom. The number of hydrogen-bond acceptors (Lipinski definition) is 4. The van der Waals surface area contributed by atoms with Gasteiger partial charge in [0.1, 0.15) is 5.48 Å². The van der Waals surface area contributed by atoms with E-state index in [1.165, 1.54) is 11.7 Å².